The van der Waals surface area contributed by atoms with Gasteiger partial charge in [-0.15, -0.1) is 0 Å². The molecule has 9 heteroatoms. The number of aromatic nitrogens is 1. The summed E-state index contributed by atoms with van der Waals surface area (Å²) in [7, 11) is 3.26. The lowest BCUT2D eigenvalue weighted by Gasteiger charge is -2.31. The minimum Gasteiger partial charge on any atom is -0.493 e. The van der Waals surface area contributed by atoms with Gasteiger partial charge in [-0.1, -0.05) is 41.7 Å². The van der Waals surface area contributed by atoms with E-state index < -0.39 is 0 Å². The van der Waals surface area contributed by atoms with E-state index in [2.05, 4.69) is 81.6 Å². The minimum absolute atomic E-state index is 0.0483. The molecule has 2 heterocycles. The van der Waals surface area contributed by atoms with Gasteiger partial charge in [-0.3, -0.25) is 9.36 Å². The van der Waals surface area contributed by atoms with Crippen LogP contribution in [-0.2, 0) is 6.42 Å². The van der Waals surface area contributed by atoms with Crippen LogP contribution >= 0.6 is 56.5 Å². The van der Waals surface area contributed by atoms with Crippen LogP contribution in [0.25, 0.3) is 11.8 Å². The second-order valence-corrected chi connectivity index (χ2v) is 12.8. The fourth-order valence-corrected chi connectivity index (χ4v) is 8.57. The topological polar surface area (TPSA) is 62.0 Å². The van der Waals surface area contributed by atoms with E-state index in [0.29, 0.717) is 27.4 Å². The Morgan fingerprint density at radius 1 is 1.02 bits per heavy atom. The summed E-state index contributed by atoms with van der Waals surface area (Å²) in [6.45, 7) is 2.58. The summed E-state index contributed by atoms with van der Waals surface area (Å²) < 4.78 is 21.5. The summed E-state index contributed by atoms with van der Waals surface area (Å²) >= 11 is 6.02. The highest BCUT2D eigenvalue weighted by molar-refractivity contribution is 14.1. The number of fused-ring (bicyclic) bond motifs is 3. The lowest BCUT2D eigenvalue weighted by atomic mass is 9.83. The Morgan fingerprint density at radius 3 is 2.50 bits per heavy atom. The highest BCUT2D eigenvalue weighted by Crippen LogP contribution is 2.42. The Labute approximate surface area is 263 Å². The summed E-state index contributed by atoms with van der Waals surface area (Å²) in [5, 5.41) is 0. The maximum atomic E-state index is 14.1. The van der Waals surface area contributed by atoms with E-state index in [-0.39, 0.29) is 11.6 Å². The van der Waals surface area contributed by atoms with Crippen molar-refractivity contribution >= 4 is 68.3 Å². The Balaban J connectivity index is 1.58. The maximum Gasteiger partial charge on any atom is 0.271 e. The van der Waals surface area contributed by atoms with Crippen LogP contribution in [0.5, 0.6) is 17.2 Å². The molecule has 6 nitrogen and oxygen atoms in total. The Morgan fingerprint density at radius 2 is 1.77 bits per heavy atom. The number of allylic oxidation sites excluding steroid dienone is 1. The van der Waals surface area contributed by atoms with Crippen LogP contribution in [0.3, 0.4) is 0 Å². The average molecular weight is 776 g/mol. The molecule has 1 aliphatic heterocycles. The SMILES string of the molecule is CCOc1c(I)cc(/C=c2/sc3n(c2=O)[C@H](c2ccc(OC)c(OC)c2)C2=C(N=3)c3ccccc3CC2)cc1I. The van der Waals surface area contributed by atoms with E-state index in [1.807, 2.05) is 35.8 Å². The number of rotatable bonds is 6. The van der Waals surface area contributed by atoms with Crippen molar-refractivity contribution in [3.8, 4) is 17.2 Å². The number of halogens is 2. The van der Waals surface area contributed by atoms with Crippen molar-refractivity contribution in [3.05, 3.63) is 109 Å². The van der Waals surface area contributed by atoms with Gasteiger partial charge in [0.2, 0.25) is 0 Å². The van der Waals surface area contributed by atoms with E-state index in [1.165, 1.54) is 16.9 Å². The van der Waals surface area contributed by atoms with Gasteiger partial charge >= 0.3 is 0 Å². The van der Waals surface area contributed by atoms with Crippen molar-refractivity contribution in [1.29, 1.82) is 0 Å². The zero-order valence-corrected chi connectivity index (χ0v) is 27.3. The number of hydrogen-bond acceptors (Lipinski definition) is 6. The summed E-state index contributed by atoms with van der Waals surface area (Å²) in [6, 6.07) is 18.2. The molecule has 1 atom stereocenters. The van der Waals surface area contributed by atoms with E-state index in [9.17, 15) is 4.79 Å². The molecule has 0 fully saturated rings. The van der Waals surface area contributed by atoms with E-state index in [0.717, 1.165) is 53.7 Å². The quantitative estimate of drug-likeness (QED) is 0.228. The predicted molar refractivity (Wildman–Crippen MR) is 175 cm³/mol. The molecule has 0 radical (unpaired) electrons. The molecule has 0 unspecified atom stereocenters. The number of methoxy groups -OCH3 is 2. The second-order valence-electron chi connectivity index (χ2n) is 9.47. The first-order valence-electron chi connectivity index (χ1n) is 12.9. The molecule has 2 aliphatic rings. The van der Waals surface area contributed by atoms with Gasteiger partial charge in [0.15, 0.2) is 16.3 Å². The van der Waals surface area contributed by atoms with Crippen LogP contribution in [0.2, 0.25) is 0 Å². The standard InChI is InChI=1S/C31H26I2N2O4S/c1-4-39-29-22(32)13-17(14-23(29)33)15-26-30(36)35-28(19-10-12-24(37-2)25(16-19)38-3)21-11-9-18-7-5-6-8-20(18)27(21)34-31(35)40-26/h5-8,10,12-16,28H,4,9,11H2,1-3H3/b26-15+/t28-/m1/s1. The van der Waals surface area contributed by atoms with Crippen LogP contribution in [-0.4, -0.2) is 25.4 Å². The number of benzene rings is 3. The third-order valence-corrected chi connectivity index (χ3v) is 9.79. The highest BCUT2D eigenvalue weighted by Gasteiger charge is 2.33. The van der Waals surface area contributed by atoms with Gasteiger partial charge in [0.05, 0.1) is 44.2 Å². The molecule has 0 N–H and O–H groups in total. The zero-order valence-electron chi connectivity index (χ0n) is 22.2. The molecule has 6 rings (SSSR count). The van der Waals surface area contributed by atoms with E-state index >= 15 is 0 Å². The van der Waals surface area contributed by atoms with Gasteiger partial charge < -0.3 is 14.2 Å². The van der Waals surface area contributed by atoms with Gasteiger partial charge in [-0.05, 0) is 118 Å². The van der Waals surface area contributed by atoms with Gasteiger partial charge in [0.1, 0.15) is 5.75 Å². The molecule has 0 saturated heterocycles. The predicted octanol–water partition coefficient (Wildman–Crippen LogP) is 5.94. The first-order valence-corrected chi connectivity index (χ1v) is 15.9. The molecule has 1 aliphatic carbocycles. The van der Waals surface area contributed by atoms with Crippen LogP contribution in [0, 0.1) is 7.14 Å². The van der Waals surface area contributed by atoms with Gasteiger partial charge in [-0.2, -0.15) is 0 Å². The Hall–Kier alpha value is -2.64. The molecule has 40 heavy (non-hydrogen) atoms. The summed E-state index contributed by atoms with van der Waals surface area (Å²) in [5.41, 5.74) is 6.43. The van der Waals surface area contributed by atoms with Crippen molar-refractivity contribution in [2.45, 2.75) is 25.8 Å². The Bertz CT molecular complexity index is 1830. The van der Waals surface area contributed by atoms with Crippen molar-refractivity contribution in [2.24, 2.45) is 4.99 Å². The van der Waals surface area contributed by atoms with Gasteiger partial charge in [0.25, 0.3) is 5.56 Å². The second kappa shape index (κ2) is 11.3. The fourth-order valence-electron chi connectivity index (χ4n) is 5.44. The van der Waals surface area contributed by atoms with E-state index in [4.69, 9.17) is 19.2 Å². The summed E-state index contributed by atoms with van der Waals surface area (Å²) in [5.74, 6) is 2.17. The number of ether oxygens (including phenoxy) is 3. The first-order chi connectivity index (χ1) is 19.4. The molecular formula is C31H26I2N2O4S. The molecule has 4 aromatic rings. The normalized spacial score (nSPS) is 16.1. The highest BCUT2D eigenvalue weighted by atomic mass is 127. The van der Waals surface area contributed by atoms with Crippen LogP contribution < -0.4 is 29.1 Å². The molecule has 204 valence electrons. The van der Waals surface area contributed by atoms with Crippen molar-refractivity contribution < 1.29 is 14.2 Å². The average Bonchev–Trinajstić information content (AvgIpc) is 3.27. The zero-order chi connectivity index (χ0) is 28.0. The largest absolute Gasteiger partial charge is 0.493 e. The Kier molecular flexibility index (Phi) is 7.79. The number of aryl methyl sites for hydroxylation is 1. The minimum atomic E-state index is -0.290. The van der Waals surface area contributed by atoms with Crippen molar-refractivity contribution in [1.82, 2.24) is 4.57 Å². The summed E-state index contributed by atoms with van der Waals surface area (Å²) in [6.07, 6.45) is 3.70. The lowest BCUT2D eigenvalue weighted by Crippen LogP contribution is -2.38. The lowest BCUT2D eigenvalue weighted by molar-refractivity contribution is 0.335. The smallest absolute Gasteiger partial charge is 0.271 e. The fraction of sp³-hybridized carbons (Fsp3) is 0.226. The van der Waals surface area contributed by atoms with Crippen LogP contribution in [0.4, 0.5) is 0 Å². The van der Waals surface area contributed by atoms with Crippen LogP contribution in [0.15, 0.2) is 70.0 Å². The molecule has 0 spiro atoms. The van der Waals surface area contributed by atoms with Crippen molar-refractivity contribution in [3.63, 3.8) is 0 Å². The van der Waals surface area contributed by atoms with E-state index in [1.54, 1.807) is 14.2 Å². The number of nitrogens with zero attached hydrogens (tertiary/aromatic N) is 2. The molecular weight excluding hydrogens is 750 g/mol. The van der Waals surface area contributed by atoms with Gasteiger partial charge in [-0.25, -0.2) is 4.99 Å². The maximum absolute atomic E-state index is 14.1. The third-order valence-electron chi connectivity index (χ3n) is 7.20. The van der Waals surface area contributed by atoms with Gasteiger partial charge in [0, 0.05) is 5.56 Å². The number of thiazole rings is 1. The third kappa shape index (κ3) is 4.79. The van der Waals surface area contributed by atoms with Crippen molar-refractivity contribution in [2.75, 3.05) is 20.8 Å². The molecule has 3 aromatic carbocycles. The molecule has 0 bridgehead atoms. The van der Waals surface area contributed by atoms with Crippen LogP contribution in [0.1, 0.15) is 41.6 Å². The molecule has 0 saturated carbocycles. The molecule has 0 amide bonds. The summed E-state index contributed by atoms with van der Waals surface area (Å²) in [4.78, 5) is 19.9. The molecule has 1 aromatic heterocycles. The monoisotopic (exact) mass is 776 g/mol. The number of hydrogen-bond donors (Lipinski definition) is 0. The first kappa shape index (κ1) is 27.5.